The van der Waals surface area contributed by atoms with Crippen LogP contribution in [0.5, 0.6) is 5.75 Å². The lowest BCUT2D eigenvalue weighted by molar-refractivity contribution is -0.148. The SMILES string of the molecule is O=C(NO)[C@H]1CC(Oc2cccc(Cl)c2)CC[C@@H]1C(=O)N1CC=C(c2ccccc2)CC1. The topological polar surface area (TPSA) is 78.9 Å². The van der Waals surface area contributed by atoms with Gasteiger partial charge in [-0.2, -0.15) is 0 Å². The quantitative estimate of drug-likeness (QED) is 0.520. The molecule has 1 aliphatic heterocycles. The summed E-state index contributed by atoms with van der Waals surface area (Å²) >= 11 is 6.03. The van der Waals surface area contributed by atoms with Crippen LogP contribution in [-0.4, -0.2) is 41.1 Å². The molecule has 2 aromatic rings. The molecule has 0 aromatic heterocycles. The third-order valence-corrected chi connectivity index (χ3v) is 6.57. The smallest absolute Gasteiger partial charge is 0.247 e. The maximum atomic E-state index is 13.3. The molecule has 168 valence electrons. The standard InChI is InChI=1S/C25H27ClN2O4/c26-19-7-4-8-20(15-19)32-21-9-10-22(23(16-21)24(29)27-31)25(30)28-13-11-18(12-14-28)17-5-2-1-3-6-17/h1-8,11,15,21-23,31H,9-10,12-14,16H2,(H,27,29)/t21?,22-,23-/m0/s1. The van der Waals surface area contributed by atoms with Gasteiger partial charge in [-0.25, -0.2) is 5.48 Å². The van der Waals surface area contributed by atoms with Crippen molar-refractivity contribution >= 4 is 29.0 Å². The molecule has 2 N–H and O–H groups in total. The summed E-state index contributed by atoms with van der Waals surface area (Å²) < 4.78 is 6.02. The van der Waals surface area contributed by atoms with Gasteiger partial charge in [0.15, 0.2) is 0 Å². The maximum absolute atomic E-state index is 13.3. The van der Waals surface area contributed by atoms with Gasteiger partial charge in [0.05, 0.1) is 17.9 Å². The zero-order valence-electron chi connectivity index (χ0n) is 17.7. The number of amides is 2. The Bertz CT molecular complexity index is 994. The summed E-state index contributed by atoms with van der Waals surface area (Å²) in [4.78, 5) is 27.6. The Morgan fingerprint density at radius 1 is 1.06 bits per heavy atom. The summed E-state index contributed by atoms with van der Waals surface area (Å²) in [6, 6.07) is 17.3. The van der Waals surface area contributed by atoms with Crippen molar-refractivity contribution in [3.8, 4) is 5.75 Å². The molecule has 1 heterocycles. The van der Waals surface area contributed by atoms with Crippen LogP contribution >= 0.6 is 11.6 Å². The minimum absolute atomic E-state index is 0.0387. The molecule has 2 aliphatic rings. The monoisotopic (exact) mass is 454 g/mol. The second kappa shape index (κ2) is 10.2. The summed E-state index contributed by atoms with van der Waals surface area (Å²) in [6.07, 6.45) is 4.16. The fourth-order valence-electron chi connectivity index (χ4n) is 4.66. The molecule has 0 spiro atoms. The van der Waals surface area contributed by atoms with Crippen molar-refractivity contribution < 1.29 is 19.5 Å². The van der Waals surface area contributed by atoms with E-state index >= 15 is 0 Å². The second-order valence-electron chi connectivity index (χ2n) is 8.33. The van der Waals surface area contributed by atoms with Crippen LogP contribution in [0.1, 0.15) is 31.2 Å². The van der Waals surface area contributed by atoms with E-state index in [1.54, 1.807) is 23.7 Å². The molecule has 6 nitrogen and oxygen atoms in total. The van der Waals surface area contributed by atoms with Gasteiger partial charge in [-0.05, 0) is 55.0 Å². The molecule has 1 unspecified atom stereocenters. The fraction of sp³-hybridized carbons (Fsp3) is 0.360. The molecule has 2 aromatic carbocycles. The molecule has 1 fully saturated rings. The van der Waals surface area contributed by atoms with E-state index in [-0.39, 0.29) is 12.0 Å². The zero-order chi connectivity index (χ0) is 22.5. The van der Waals surface area contributed by atoms with Crippen LogP contribution in [0.4, 0.5) is 0 Å². The van der Waals surface area contributed by atoms with Crippen molar-refractivity contribution in [3.05, 3.63) is 71.3 Å². The summed E-state index contributed by atoms with van der Waals surface area (Å²) in [5, 5.41) is 9.85. The molecule has 3 atom stereocenters. The zero-order valence-corrected chi connectivity index (χ0v) is 18.5. The van der Waals surface area contributed by atoms with Gasteiger partial charge in [0.2, 0.25) is 11.8 Å². The first kappa shape index (κ1) is 22.4. The number of nitrogens with zero attached hydrogens (tertiary/aromatic N) is 1. The minimum Gasteiger partial charge on any atom is -0.490 e. The predicted molar refractivity (Wildman–Crippen MR) is 122 cm³/mol. The Kier molecular flexibility index (Phi) is 7.12. The molecule has 0 bridgehead atoms. The summed E-state index contributed by atoms with van der Waals surface area (Å²) in [7, 11) is 0. The van der Waals surface area contributed by atoms with Gasteiger partial charge < -0.3 is 9.64 Å². The average molecular weight is 455 g/mol. The fourth-order valence-corrected chi connectivity index (χ4v) is 4.84. The van der Waals surface area contributed by atoms with Gasteiger partial charge in [0.1, 0.15) is 5.75 Å². The second-order valence-corrected chi connectivity index (χ2v) is 8.77. The van der Waals surface area contributed by atoms with E-state index in [0.29, 0.717) is 43.1 Å². The Morgan fingerprint density at radius 3 is 2.56 bits per heavy atom. The molecule has 1 saturated carbocycles. The number of ether oxygens (including phenoxy) is 1. The number of hydrogen-bond donors (Lipinski definition) is 2. The number of carbonyl (C=O) groups excluding carboxylic acids is 2. The van der Waals surface area contributed by atoms with Gasteiger partial charge >= 0.3 is 0 Å². The number of hydroxylamine groups is 1. The van der Waals surface area contributed by atoms with E-state index in [1.807, 2.05) is 29.2 Å². The van der Waals surface area contributed by atoms with Crippen LogP contribution in [0.2, 0.25) is 5.02 Å². The molecule has 2 amide bonds. The Morgan fingerprint density at radius 2 is 1.88 bits per heavy atom. The van der Waals surface area contributed by atoms with E-state index in [9.17, 15) is 14.8 Å². The van der Waals surface area contributed by atoms with E-state index in [2.05, 4.69) is 18.2 Å². The number of hydrogen-bond acceptors (Lipinski definition) is 4. The Labute approximate surface area is 192 Å². The van der Waals surface area contributed by atoms with Crippen LogP contribution < -0.4 is 10.2 Å². The summed E-state index contributed by atoms with van der Waals surface area (Å²) in [5.74, 6) is -1.08. The highest BCUT2D eigenvalue weighted by Gasteiger charge is 2.41. The van der Waals surface area contributed by atoms with Crippen LogP contribution in [0.25, 0.3) is 5.57 Å². The molecular formula is C25H27ClN2O4. The average Bonchev–Trinajstić information content (AvgIpc) is 2.84. The highest BCUT2D eigenvalue weighted by atomic mass is 35.5. The lowest BCUT2D eigenvalue weighted by Crippen LogP contribution is -2.48. The molecule has 7 heteroatoms. The summed E-state index contributed by atoms with van der Waals surface area (Å²) in [6.45, 7) is 1.14. The first-order valence-electron chi connectivity index (χ1n) is 10.9. The number of carbonyl (C=O) groups is 2. The van der Waals surface area contributed by atoms with Gasteiger partial charge in [-0.3, -0.25) is 14.8 Å². The first-order valence-corrected chi connectivity index (χ1v) is 11.3. The van der Waals surface area contributed by atoms with Crippen LogP contribution in [0.3, 0.4) is 0 Å². The van der Waals surface area contributed by atoms with Crippen molar-refractivity contribution in [3.63, 3.8) is 0 Å². The minimum atomic E-state index is -0.648. The normalized spacial score (nSPS) is 23.2. The Balaban J connectivity index is 1.42. The largest absolute Gasteiger partial charge is 0.490 e. The molecule has 1 aliphatic carbocycles. The van der Waals surface area contributed by atoms with E-state index < -0.39 is 17.7 Å². The predicted octanol–water partition coefficient (Wildman–Crippen LogP) is 4.33. The highest BCUT2D eigenvalue weighted by molar-refractivity contribution is 6.30. The number of benzene rings is 2. The van der Waals surface area contributed by atoms with Crippen molar-refractivity contribution in [2.45, 2.75) is 31.8 Å². The van der Waals surface area contributed by atoms with Crippen molar-refractivity contribution in [1.29, 1.82) is 0 Å². The molecule has 0 radical (unpaired) electrons. The third kappa shape index (κ3) is 5.14. The van der Waals surface area contributed by atoms with Crippen molar-refractivity contribution in [2.24, 2.45) is 11.8 Å². The van der Waals surface area contributed by atoms with Crippen molar-refractivity contribution in [2.75, 3.05) is 13.1 Å². The molecule has 0 saturated heterocycles. The number of nitrogens with one attached hydrogen (secondary N) is 1. The van der Waals surface area contributed by atoms with Crippen LogP contribution in [0.15, 0.2) is 60.7 Å². The van der Waals surface area contributed by atoms with E-state index in [0.717, 1.165) is 6.42 Å². The molecule has 4 rings (SSSR count). The summed E-state index contributed by atoms with van der Waals surface area (Å²) in [5.41, 5.74) is 4.16. The number of halogens is 1. The third-order valence-electron chi connectivity index (χ3n) is 6.33. The molecular weight excluding hydrogens is 428 g/mol. The lowest BCUT2D eigenvalue weighted by Gasteiger charge is -2.37. The Hall–Kier alpha value is -2.83. The number of rotatable bonds is 5. The maximum Gasteiger partial charge on any atom is 0.247 e. The van der Waals surface area contributed by atoms with Gasteiger partial charge in [0.25, 0.3) is 0 Å². The van der Waals surface area contributed by atoms with Gasteiger partial charge in [-0.1, -0.05) is 54.1 Å². The first-order chi connectivity index (χ1) is 15.5. The van der Waals surface area contributed by atoms with E-state index in [4.69, 9.17) is 16.3 Å². The van der Waals surface area contributed by atoms with Crippen LogP contribution in [0, 0.1) is 11.8 Å². The van der Waals surface area contributed by atoms with Crippen LogP contribution in [-0.2, 0) is 9.59 Å². The lowest BCUT2D eigenvalue weighted by atomic mass is 9.76. The van der Waals surface area contributed by atoms with E-state index in [1.165, 1.54) is 11.1 Å². The highest BCUT2D eigenvalue weighted by Crippen LogP contribution is 2.35. The van der Waals surface area contributed by atoms with Crippen molar-refractivity contribution in [1.82, 2.24) is 10.4 Å². The van der Waals surface area contributed by atoms with Gasteiger partial charge in [-0.15, -0.1) is 0 Å². The van der Waals surface area contributed by atoms with Gasteiger partial charge in [0, 0.05) is 18.1 Å². The molecule has 32 heavy (non-hydrogen) atoms.